The van der Waals surface area contributed by atoms with Crippen molar-refractivity contribution in [2.24, 2.45) is 11.3 Å². The maximum Gasteiger partial charge on any atom is 0.260 e. The summed E-state index contributed by atoms with van der Waals surface area (Å²) in [6.45, 7) is 8.53. The first kappa shape index (κ1) is 23.1. The van der Waals surface area contributed by atoms with Crippen LogP contribution in [0.15, 0.2) is 28.2 Å². The molecule has 0 saturated carbocycles. The van der Waals surface area contributed by atoms with Gasteiger partial charge in [-0.2, -0.15) is 0 Å². The van der Waals surface area contributed by atoms with Crippen molar-refractivity contribution in [1.82, 2.24) is 9.97 Å². The molecule has 0 saturated heterocycles. The number of carbonyl (C=O) groups is 1. The lowest BCUT2D eigenvalue weighted by molar-refractivity contribution is -0.115. The predicted molar refractivity (Wildman–Crippen MR) is 132 cm³/mol. The highest BCUT2D eigenvalue weighted by molar-refractivity contribution is 8.00. The SMILES string of the molecule is CC(Sc1nc2sc3c(c2c(=O)[nH]1)CCC(C(C)(C)C)C3)C(=O)Nc1cc(Cl)ccc1O. The summed E-state index contributed by atoms with van der Waals surface area (Å²) in [6.07, 6.45) is 2.95. The molecule has 1 aliphatic carbocycles. The number of aromatic hydroxyl groups is 1. The summed E-state index contributed by atoms with van der Waals surface area (Å²) in [6, 6.07) is 4.45. The number of anilines is 1. The lowest BCUT2D eigenvalue weighted by atomic mass is 9.72. The number of carbonyl (C=O) groups excluding carboxylic acids is 1. The molecular formula is C23H26ClN3O3S2. The molecule has 4 rings (SSSR count). The predicted octanol–water partition coefficient (Wildman–Crippen LogP) is 5.61. The maximum absolute atomic E-state index is 12.9. The fraction of sp³-hybridized carbons (Fsp3) is 0.435. The molecule has 3 aromatic rings. The average molecular weight is 492 g/mol. The summed E-state index contributed by atoms with van der Waals surface area (Å²) in [5.41, 5.74) is 1.46. The van der Waals surface area contributed by atoms with Crippen LogP contribution < -0.4 is 10.9 Å². The molecule has 2 unspecified atom stereocenters. The second kappa shape index (κ2) is 8.72. The fourth-order valence-electron chi connectivity index (χ4n) is 4.02. The van der Waals surface area contributed by atoms with Gasteiger partial charge < -0.3 is 15.4 Å². The number of hydrogen-bond donors (Lipinski definition) is 3. The molecule has 2 atom stereocenters. The minimum atomic E-state index is -0.547. The van der Waals surface area contributed by atoms with Crippen LogP contribution in [-0.2, 0) is 17.6 Å². The number of halogens is 1. The van der Waals surface area contributed by atoms with Gasteiger partial charge >= 0.3 is 0 Å². The Morgan fingerprint density at radius 1 is 1.41 bits per heavy atom. The zero-order chi connectivity index (χ0) is 23.2. The number of aromatic nitrogens is 2. The topological polar surface area (TPSA) is 95.1 Å². The van der Waals surface area contributed by atoms with Crippen LogP contribution in [0.25, 0.3) is 10.2 Å². The highest BCUT2D eigenvalue weighted by Crippen LogP contribution is 2.42. The summed E-state index contributed by atoms with van der Waals surface area (Å²) in [4.78, 5) is 35.0. The van der Waals surface area contributed by atoms with Gasteiger partial charge in [-0.05, 0) is 61.3 Å². The van der Waals surface area contributed by atoms with Crippen molar-refractivity contribution in [2.45, 2.75) is 57.4 Å². The number of aryl methyl sites for hydroxylation is 1. The van der Waals surface area contributed by atoms with Gasteiger partial charge in [-0.1, -0.05) is 44.1 Å². The van der Waals surface area contributed by atoms with E-state index in [4.69, 9.17) is 11.6 Å². The Labute approximate surface area is 199 Å². The summed E-state index contributed by atoms with van der Waals surface area (Å²) >= 11 is 8.71. The number of amides is 1. The molecule has 32 heavy (non-hydrogen) atoms. The van der Waals surface area contributed by atoms with Gasteiger partial charge in [0, 0.05) is 9.90 Å². The van der Waals surface area contributed by atoms with Crippen LogP contribution >= 0.6 is 34.7 Å². The van der Waals surface area contributed by atoms with Crippen LogP contribution in [-0.4, -0.2) is 26.2 Å². The van der Waals surface area contributed by atoms with E-state index in [-0.39, 0.29) is 28.3 Å². The van der Waals surface area contributed by atoms with Gasteiger partial charge in [0.2, 0.25) is 5.91 Å². The van der Waals surface area contributed by atoms with Crippen LogP contribution in [0.3, 0.4) is 0 Å². The van der Waals surface area contributed by atoms with E-state index in [1.165, 1.54) is 28.8 Å². The van der Waals surface area contributed by atoms with Crippen molar-refractivity contribution >= 4 is 56.5 Å². The smallest absolute Gasteiger partial charge is 0.260 e. The molecule has 1 aromatic carbocycles. The van der Waals surface area contributed by atoms with Crippen LogP contribution in [0.4, 0.5) is 5.69 Å². The summed E-state index contributed by atoms with van der Waals surface area (Å²) in [5.74, 6) is 0.196. The van der Waals surface area contributed by atoms with E-state index in [9.17, 15) is 14.7 Å². The van der Waals surface area contributed by atoms with E-state index >= 15 is 0 Å². The highest BCUT2D eigenvalue weighted by atomic mass is 35.5. The van der Waals surface area contributed by atoms with Crippen molar-refractivity contribution in [1.29, 1.82) is 0 Å². The normalized spacial score (nSPS) is 17.2. The van der Waals surface area contributed by atoms with E-state index < -0.39 is 5.25 Å². The average Bonchev–Trinajstić information content (AvgIpc) is 3.08. The molecule has 0 radical (unpaired) electrons. The number of benzene rings is 1. The number of phenols is 1. The number of nitrogens with one attached hydrogen (secondary N) is 2. The number of thioether (sulfide) groups is 1. The third kappa shape index (κ3) is 4.67. The summed E-state index contributed by atoms with van der Waals surface area (Å²) < 4.78 is 0. The maximum atomic E-state index is 12.9. The van der Waals surface area contributed by atoms with Crippen molar-refractivity contribution in [3.05, 3.63) is 44.0 Å². The number of thiophene rings is 1. The number of phenolic OH excluding ortho intramolecular Hbond substituents is 1. The second-order valence-electron chi connectivity index (χ2n) is 9.27. The molecule has 0 bridgehead atoms. The Bertz CT molecular complexity index is 1250. The minimum Gasteiger partial charge on any atom is -0.506 e. The minimum absolute atomic E-state index is 0.0642. The first-order valence-corrected chi connectivity index (χ1v) is 12.6. The van der Waals surface area contributed by atoms with Crippen molar-refractivity contribution in [2.75, 3.05) is 5.32 Å². The van der Waals surface area contributed by atoms with Gasteiger partial charge in [-0.25, -0.2) is 4.98 Å². The Balaban J connectivity index is 1.54. The quantitative estimate of drug-likeness (QED) is 0.250. The Hall–Kier alpha value is -2.03. The van der Waals surface area contributed by atoms with Crippen molar-refractivity contribution in [3.63, 3.8) is 0 Å². The number of rotatable bonds is 4. The summed E-state index contributed by atoms with van der Waals surface area (Å²) in [7, 11) is 0. The van der Waals surface area contributed by atoms with E-state index in [1.54, 1.807) is 24.3 Å². The number of hydrogen-bond acceptors (Lipinski definition) is 6. The van der Waals surface area contributed by atoms with Gasteiger partial charge in [0.15, 0.2) is 5.16 Å². The number of aromatic amines is 1. The van der Waals surface area contributed by atoms with Crippen LogP contribution in [0.1, 0.15) is 44.6 Å². The Morgan fingerprint density at radius 3 is 2.88 bits per heavy atom. The lowest BCUT2D eigenvalue weighted by Gasteiger charge is -2.33. The van der Waals surface area contributed by atoms with Gasteiger partial charge in [0.25, 0.3) is 5.56 Å². The zero-order valence-corrected chi connectivity index (χ0v) is 20.8. The van der Waals surface area contributed by atoms with Gasteiger partial charge in [-0.3, -0.25) is 9.59 Å². The standard InChI is InChI=1S/C23H26ClN3O3S2/c1-11(19(29)25-15-10-13(24)6-8-16(15)28)31-22-26-20(30)18-14-7-5-12(23(2,3)4)9-17(14)32-21(18)27-22/h6,8,10-12,28H,5,7,9H2,1-4H3,(H,25,29)(H,26,27,30). The van der Waals surface area contributed by atoms with Gasteiger partial charge in [0.05, 0.1) is 16.3 Å². The molecule has 1 amide bonds. The molecule has 1 aliphatic rings. The molecule has 0 spiro atoms. The van der Waals surface area contributed by atoms with E-state index in [1.807, 2.05) is 0 Å². The molecule has 3 N–H and O–H groups in total. The molecular weight excluding hydrogens is 466 g/mol. The number of fused-ring (bicyclic) bond motifs is 3. The Kier molecular flexibility index (Phi) is 6.31. The number of H-pyrrole nitrogens is 1. The van der Waals surface area contributed by atoms with E-state index in [0.717, 1.165) is 29.7 Å². The van der Waals surface area contributed by atoms with Gasteiger partial charge in [-0.15, -0.1) is 11.3 Å². The largest absolute Gasteiger partial charge is 0.506 e. The zero-order valence-electron chi connectivity index (χ0n) is 18.4. The van der Waals surface area contributed by atoms with E-state index in [0.29, 0.717) is 21.5 Å². The molecule has 2 aromatic heterocycles. The molecule has 170 valence electrons. The lowest BCUT2D eigenvalue weighted by Crippen LogP contribution is -2.26. The van der Waals surface area contributed by atoms with Crippen LogP contribution in [0.5, 0.6) is 5.75 Å². The molecule has 0 fully saturated rings. The van der Waals surface area contributed by atoms with Crippen LogP contribution in [0, 0.1) is 11.3 Å². The highest BCUT2D eigenvalue weighted by Gasteiger charge is 2.31. The first-order chi connectivity index (χ1) is 15.0. The van der Waals surface area contributed by atoms with Crippen molar-refractivity contribution in [3.8, 4) is 5.75 Å². The second-order valence-corrected chi connectivity index (χ2v) is 12.1. The Morgan fingerprint density at radius 2 is 2.16 bits per heavy atom. The molecule has 2 heterocycles. The third-order valence-electron chi connectivity index (χ3n) is 6.00. The summed E-state index contributed by atoms with van der Waals surface area (Å²) in [5, 5.41) is 13.6. The van der Waals surface area contributed by atoms with E-state index in [2.05, 4.69) is 36.1 Å². The fourth-order valence-corrected chi connectivity index (χ4v) is 6.35. The third-order valence-corrected chi connectivity index (χ3v) is 8.36. The monoisotopic (exact) mass is 491 g/mol. The van der Waals surface area contributed by atoms with Crippen LogP contribution in [0.2, 0.25) is 5.02 Å². The molecule has 9 heteroatoms. The number of nitrogens with zero attached hydrogens (tertiary/aromatic N) is 1. The first-order valence-electron chi connectivity index (χ1n) is 10.5. The van der Waals surface area contributed by atoms with Gasteiger partial charge in [0.1, 0.15) is 10.6 Å². The molecule has 6 nitrogen and oxygen atoms in total. The van der Waals surface area contributed by atoms with Crippen molar-refractivity contribution < 1.29 is 9.90 Å². The molecule has 0 aliphatic heterocycles.